The van der Waals surface area contributed by atoms with E-state index in [1.807, 2.05) is 0 Å². The summed E-state index contributed by atoms with van der Waals surface area (Å²) in [6.45, 7) is 3.51. The van der Waals surface area contributed by atoms with Crippen LogP contribution < -0.4 is 10.6 Å². The fourth-order valence-corrected chi connectivity index (χ4v) is 4.09. The molecule has 2 N–H and O–H groups in total. The Balaban J connectivity index is 2.48. The summed E-state index contributed by atoms with van der Waals surface area (Å²) >= 11 is 0. The van der Waals surface area contributed by atoms with Gasteiger partial charge in [0.25, 0.3) is 0 Å². The average Bonchev–Trinajstić information content (AvgIpc) is 2.53. The lowest BCUT2D eigenvalue weighted by molar-refractivity contribution is -0.137. The number of carbonyl (C=O) groups excluding carboxylic acids is 1. The number of carbonyl (C=O) groups is 1. The van der Waals surface area contributed by atoms with Crippen LogP contribution in [0.1, 0.15) is 32.3 Å². The average molecular weight is 378 g/mol. The molecule has 5 nitrogen and oxygen atoms in total. The first-order valence-electron chi connectivity index (χ1n) is 7.94. The number of piperidine rings is 1. The first-order valence-corrected chi connectivity index (χ1v) is 9.48. The first-order chi connectivity index (χ1) is 11.4. The van der Waals surface area contributed by atoms with Gasteiger partial charge < -0.3 is 10.6 Å². The van der Waals surface area contributed by atoms with Crippen molar-refractivity contribution >= 4 is 21.4 Å². The van der Waals surface area contributed by atoms with Crippen LogP contribution in [0.5, 0.6) is 0 Å². The molecule has 1 heterocycles. The fourth-order valence-electron chi connectivity index (χ4n) is 2.84. The molecule has 25 heavy (non-hydrogen) atoms. The molecule has 0 radical (unpaired) electrons. The van der Waals surface area contributed by atoms with Crippen LogP contribution in [0.25, 0.3) is 0 Å². The van der Waals surface area contributed by atoms with E-state index in [-0.39, 0.29) is 29.6 Å². The Morgan fingerprint density at radius 1 is 1.24 bits per heavy atom. The number of primary amides is 1. The van der Waals surface area contributed by atoms with E-state index in [4.69, 9.17) is 5.73 Å². The van der Waals surface area contributed by atoms with Crippen molar-refractivity contribution in [3.63, 3.8) is 0 Å². The summed E-state index contributed by atoms with van der Waals surface area (Å²) in [6, 6.07) is 2.68. The van der Waals surface area contributed by atoms with Gasteiger partial charge in [-0.1, -0.05) is 0 Å². The second-order valence-electron chi connectivity index (χ2n) is 6.44. The number of sulfone groups is 1. The zero-order valence-corrected chi connectivity index (χ0v) is 14.8. The number of nitrogens with zero attached hydrogens (tertiary/aromatic N) is 1. The second kappa shape index (κ2) is 6.86. The standard InChI is InChI=1S/C16H21F3N2O3S/c1-10(2)25(23,24)14-4-3-12(16(17,18)19)9-13(14)21-7-5-11(6-8-21)15(20)22/h3-4,9-11H,5-8H2,1-2H3,(H2,20,22). The van der Waals surface area contributed by atoms with Gasteiger partial charge in [0.15, 0.2) is 9.84 Å². The van der Waals surface area contributed by atoms with E-state index in [0.717, 1.165) is 18.2 Å². The highest BCUT2D eigenvalue weighted by atomic mass is 32.2. The molecule has 0 unspecified atom stereocenters. The van der Waals surface area contributed by atoms with Crippen LogP contribution in [0.15, 0.2) is 23.1 Å². The van der Waals surface area contributed by atoms with Gasteiger partial charge in [-0.2, -0.15) is 13.2 Å². The molecule has 1 aromatic carbocycles. The van der Waals surface area contributed by atoms with Gasteiger partial charge in [0.2, 0.25) is 5.91 Å². The maximum atomic E-state index is 13.1. The lowest BCUT2D eigenvalue weighted by atomic mass is 9.96. The molecule has 0 bridgehead atoms. The molecule has 1 saturated heterocycles. The largest absolute Gasteiger partial charge is 0.416 e. The third-order valence-corrected chi connectivity index (χ3v) is 6.65. The maximum absolute atomic E-state index is 13.1. The molecule has 0 saturated carbocycles. The first kappa shape index (κ1) is 19.6. The van der Waals surface area contributed by atoms with Gasteiger partial charge in [0, 0.05) is 19.0 Å². The van der Waals surface area contributed by atoms with Crippen molar-refractivity contribution in [3.8, 4) is 0 Å². The molecular formula is C16H21F3N2O3S. The number of hydrogen-bond donors (Lipinski definition) is 1. The SMILES string of the molecule is CC(C)S(=O)(=O)c1ccc(C(F)(F)F)cc1N1CCC(C(N)=O)CC1. The summed E-state index contributed by atoms with van der Waals surface area (Å²) in [5.41, 5.74) is 4.40. The zero-order valence-electron chi connectivity index (χ0n) is 14.0. The van der Waals surface area contributed by atoms with Crippen molar-refractivity contribution in [2.45, 2.75) is 43.0 Å². The van der Waals surface area contributed by atoms with E-state index >= 15 is 0 Å². The predicted molar refractivity (Wildman–Crippen MR) is 87.9 cm³/mol. The topological polar surface area (TPSA) is 80.5 Å². The Kier molecular flexibility index (Phi) is 5.36. The van der Waals surface area contributed by atoms with E-state index in [9.17, 15) is 26.4 Å². The molecule has 9 heteroatoms. The Morgan fingerprint density at radius 2 is 1.80 bits per heavy atom. The summed E-state index contributed by atoms with van der Waals surface area (Å²) in [6.07, 6.45) is -3.81. The Morgan fingerprint density at radius 3 is 2.24 bits per heavy atom. The van der Waals surface area contributed by atoms with Crippen LogP contribution in [-0.2, 0) is 20.8 Å². The van der Waals surface area contributed by atoms with Gasteiger partial charge in [-0.15, -0.1) is 0 Å². The number of benzene rings is 1. The van der Waals surface area contributed by atoms with Crippen molar-refractivity contribution in [3.05, 3.63) is 23.8 Å². The molecule has 2 rings (SSSR count). The van der Waals surface area contributed by atoms with Crippen LogP contribution in [0.4, 0.5) is 18.9 Å². The summed E-state index contributed by atoms with van der Waals surface area (Å²) in [5, 5.41) is -0.758. The van der Waals surface area contributed by atoms with Crippen molar-refractivity contribution in [1.82, 2.24) is 0 Å². The summed E-state index contributed by atoms with van der Waals surface area (Å²) < 4.78 is 64.3. The third-order valence-electron chi connectivity index (χ3n) is 4.45. The molecule has 0 spiro atoms. The summed E-state index contributed by atoms with van der Waals surface area (Å²) in [7, 11) is -3.75. The van der Waals surface area contributed by atoms with E-state index < -0.39 is 32.7 Å². The predicted octanol–water partition coefficient (Wildman–Crippen LogP) is 2.59. The molecular weight excluding hydrogens is 357 g/mol. The van der Waals surface area contributed by atoms with Gasteiger partial charge in [-0.25, -0.2) is 8.42 Å². The third kappa shape index (κ3) is 4.08. The highest BCUT2D eigenvalue weighted by molar-refractivity contribution is 7.92. The Hall–Kier alpha value is -1.77. The number of alkyl halides is 3. The number of amides is 1. The normalized spacial score (nSPS) is 17.1. The highest BCUT2D eigenvalue weighted by Gasteiger charge is 2.35. The van der Waals surface area contributed by atoms with Crippen molar-refractivity contribution in [2.75, 3.05) is 18.0 Å². The van der Waals surface area contributed by atoms with E-state index in [1.165, 1.54) is 13.8 Å². The molecule has 1 aromatic rings. The van der Waals surface area contributed by atoms with Crippen LogP contribution >= 0.6 is 0 Å². The van der Waals surface area contributed by atoms with Gasteiger partial charge >= 0.3 is 6.18 Å². The minimum Gasteiger partial charge on any atom is -0.370 e. The molecule has 140 valence electrons. The molecule has 1 amide bonds. The quantitative estimate of drug-likeness (QED) is 0.873. The van der Waals surface area contributed by atoms with Crippen molar-refractivity contribution < 1.29 is 26.4 Å². The number of anilines is 1. The highest BCUT2D eigenvalue weighted by Crippen LogP contribution is 2.37. The lowest BCUT2D eigenvalue weighted by Gasteiger charge is -2.34. The number of rotatable bonds is 4. The maximum Gasteiger partial charge on any atom is 0.416 e. The van der Waals surface area contributed by atoms with E-state index in [2.05, 4.69) is 0 Å². The Bertz CT molecular complexity index is 752. The number of halogens is 3. The van der Waals surface area contributed by atoms with E-state index in [0.29, 0.717) is 12.8 Å². The summed E-state index contributed by atoms with van der Waals surface area (Å²) in [5.74, 6) is -0.786. The van der Waals surface area contributed by atoms with Crippen LogP contribution in [0, 0.1) is 5.92 Å². The summed E-state index contributed by atoms with van der Waals surface area (Å²) in [4.78, 5) is 12.7. The minimum atomic E-state index is -4.57. The van der Waals surface area contributed by atoms with Crippen molar-refractivity contribution in [1.29, 1.82) is 0 Å². The molecule has 0 aliphatic carbocycles. The fraction of sp³-hybridized carbons (Fsp3) is 0.562. The Labute approximate surface area is 144 Å². The van der Waals surface area contributed by atoms with Crippen LogP contribution in [-0.4, -0.2) is 32.7 Å². The molecule has 1 fully saturated rings. The van der Waals surface area contributed by atoms with Gasteiger partial charge in [-0.05, 0) is 44.9 Å². The zero-order chi connectivity index (χ0) is 19.0. The van der Waals surface area contributed by atoms with Crippen molar-refractivity contribution in [2.24, 2.45) is 11.7 Å². The molecule has 0 aromatic heterocycles. The number of hydrogen-bond acceptors (Lipinski definition) is 4. The second-order valence-corrected chi connectivity index (χ2v) is 8.91. The monoisotopic (exact) mass is 378 g/mol. The van der Waals surface area contributed by atoms with Gasteiger partial charge in [0.1, 0.15) is 0 Å². The van der Waals surface area contributed by atoms with E-state index in [1.54, 1.807) is 4.90 Å². The number of nitrogens with two attached hydrogens (primary N) is 1. The lowest BCUT2D eigenvalue weighted by Crippen LogP contribution is -2.39. The van der Waals surface area contributed by atoms with Crippen LogP contribution in [0.3, 0.4) is 0 Å². The molecule has 1 aliphatic heterocycles. The minimum absolute atomic E-state index is 0.0337. The molecule has 1 aliphatic rings. The smallest absolute Gasteiger partial charge is 0.370 e. The van der Waals surface area contributed by atoms with Gasteiger partial charge in [-0.3, -0.25) is 4.79 Å². The van der Waals surface area contributed by atoms with Crippen LogP contribution in [0.2, 0.25) is 0 Å². The molecule has 0 atom stereocenters. The van der Waals surface area contributed by atoms with Gasteiger partial charge in [0.05, 0.1) is 21.4 Å².